The van der Waals surface area contributed by atoms with Gasteiger partial charge >= 0.3 is 0 Å². The van der Waals surface area contributed by atoms with Crippen LogP contribution in [0.3, 0.4) is 0 Å². The van der Waals surface area contributed by atoms with E-state index in [4.69, 9.17) is 5.26 Å². The second-order valence-electron chi connectivity index (χ2n) is 4.25. The molecular formula is C12H12BrNO. The Morgan fingerprint density at radius 3 is 2.73 bits per heavy atom. The fourth-order valence-corrected chi connectivity index (χ4v) is 2.14. The molecule has 0 spiro atoms. The lowest BCUT2D eigenvalue weighted by Gasteiger charge is -2.12. The summed E-state index contributed by atoms with van der Waals surface area (Å²) in [5.74, 6) is 0. The van der Waals surface area contributed by atoms with Crippen LogP contribution in [0.25, 0.3) is 0 Å². The molecule has 15 heavy (non-hydrogen) atoms. The van der Waals surface area contributed by atoms with E-state index in [-0.39, 0.29) is 12.0 Å². The Bertz CT molecular complexity index is 418. The van der Waals surface area contributed by atoms with Crippen molar-refractivity contribution in [3.8, 4) is 6.07 Å². The maximum Gasteiger partial charge on any atom is 0.0991 e. The van der Waals surface area contributed by atoms with Crippen LogP contribution in [0.5, 0.6) is 0 Å². The minimum atomic E-state index is 0.0938. The average molecular weight is 266 g/mol. The van der Waals surface area contributed by atoms with Crippen LogP contribution in [-0.2, 0) is 6.42 Å². The van der Waals surface area contributed by atoms with Gasteiger partial charge in [-0.15, -0.1) is 0 Å². The van der Waals surface area contributed by atoms with Crippen molar-refractivity contribution in [2.24, 2.45) is 5.41 Å². The number of nitriles is 1. The van der Waals surface area contributed by atoms with Crippen LogP contribution in [-0.4, -0.2) is 11.7 Å². The predicted octanol–water partition coefficient (Wildman–Crippen LogP) is 2.64. The zero-order chi connectivity index (χ0) is 10.9. The first kappa shape index (κ1) is 10.7. The van der Waals surface area contributed by atoms with E-state index in [1.165, 1.54) is 0 Å². The number of aliphatic hydroxyl groups excluding tert-OH is 1. The Labute approximate surface area is 97.7 Å². The summed E-state index contributed by atoms with van der Waals surface area (Å²) >= 11 is 3.48. The summed E-state index contributed by atoms with van der Waals surface area (Å²) in [6.07, 6.45) is 3.04. The highest BCUT2D eigenvalue weighted by atomic mass is 79.9. The highest BCUT2D eigenvalue weighted by Gasteiger charge is 2.42. The molecule has 0 amide bonds. The molecule has 1 aromatic carbocycles. The molecule has 3 heteroatoms. The van der Waals surface area contributed by atoms with Crippen molar-refractivity contribution in [2.45, 2.75) is 19.3 Å². The van der Waals surface area contributed by atoms with E-state index in [1.54, 1.807) is 6.07 Å². The van der Waals surface area contributed by atoms with Crippen molar-refractivity contribution in [3.63, 3.8) is 0 Å². The third-order valence-electron chi connectivity index (χ3n) is 3.03. The van der Waals surface area contributed by atoms with Gasteiger partial charge in [0.25, 0.3) is 0 Å². The number of rotatable bonds is 3. The monoisotopic (exact) mass is 265 g/mol. The second-order valence-corrected chi connectivity index (χ2v) is 5.11. The van der Waals surface area contributed by atoms with Crippen molar-refractivity contribution < 1.29 is 5.11 Å². The normalized spacial score (nSPS) is 17.1. The minimum Gasteiger partial charge on any atom is -0.396 e. The first-order valence-corrected chi connectivity index (χ1v) is 5.78. The Morgan fingerprint density at radius 2 is 2.20 bits per heavy atom. The largest absolute Gasteiger partial charge is 0.396 e. The van der Waals surface area contributed by atoms with Gasteiger partial charge in [-0.25, -0.2) is 0 Å². The van der Waals surface area contributed by atoms with Gasteiger partial charge in [-0.3, -0.25) is 0 Å². The molecule has 0 aromatic heterocycles. The summed E-state index contributed by atoms with van der Waals surface area (Å²) in [6, 6.07) is 7.74. The van der Waals surface area contributed by atoms with E-state index >= 15 is 0 Å². The Morgan fingerprint density at radius 1 is 1.47 bits per heavy atom. The molecule has 2 rings (SSSR count). The molecule has 78 valence electrons. The number of aliphatic hydroxyl groups is 1. The summed E-state index contributed by atoms with van der Waals surface area (Å²) in [7, 11) is 0. The van der Waals surface area contributed by atoms with Gasteiger partial charge in [0.05, 0.1) is 11.6 Å². The highest BCUT2D eigenvalue weighted by molar-refractivity contribution is 9.10. The molecule has 0 bridgehead atoms. The third kappa shape index (κ3) is 2.22. The lowest BCUT2D eigenvalue weighted by molar-refractivity contribution is 0.211. The molecule has 1 aliphatic rings. The van der Waals surface area contributed by atoms with Crippen LogP contribution in [0.15, 0.2) is 22.7 Å². The molecule has 0 atom stereocenters. The Balaban J connectivity index is 2.24. The van der Waals surface area contributed by atoms with E-state index in [9.17, 15) is 5.11 Å². The zero-order valence-electron chi connectivity index (χ0n) is 8.33. The maximum absolute atomic E-state index is 9.25. The number of benzene rings is 1. The van der Waals surface area contributed by atoms with Crippen molar-refractivity contribution in [1.29, 1.82) is 5.26 Å². The maximum atomic E-state index is 9.25. The molecule has 0 heterocycles. The lowest BCUT2D eigenvalue weighted by Crippen LogP contribution is -2.10. The van der Waals surface area contributed by atoms with E-state index in [1.807, 2.05) is 12.1 Å². The number of hydrogen-bond donors (Lipinski definition) is 1. The van der Waals surface area contributed by atoms with Gasteiger partial charge in [-0.2, -0.15) is 5.26 Å². The van der Waals surface area contributed by atoms with E-state index in [2.05, 4.69) is 22.0 Å². The summed E-state index contributed by atoms with van der Waals surface area (Å²) in [4.78, 5) is 0. The molecule has 0 aliphatic heterocycles. The lowest BCUT2D eigenvalue weighted by atomic mass is 9.96. The number of halogens is 1. The Hall–Kier alpha value is -0.850. The van der Waals surface area contributed by atoms with Crippen LogP contribution < -0.4 is 0 Å². The molecular weight excluding hydrogens is 254 g/mol. The first-order chi connectivity index (χ1) is 7.19. The molecule has 0 radical (unpaired) electrons. The van der Waals surface area contributed by atoms with Gasteiger partial charge in [-0.05, 0) is 48.4 Å². The van der Waals surface area contributed by atoms with Crippen LogP contribution in [0.4, 0.5) is 0 Å². The van der Waals surface area contributed by atoms with Gasteiger partial charge in [0.1, 0.15) is 0 Å². The van der Waals surface area contributed by atoms with Gasteiger partial charge in [0, 0.05) is 11.1 Å². The topological polar surface area (TPSA) is 44.0 Å². The van der Waals surface area contributed by atoms with Gasteiger partial charge < -0.3 is 5.11 Å². The van der Waals surface area contributed by atoms with E-state index in [0.29, 0.717) is 5.56 Å². The number of hydrogen-bond acceptors (Lipinski definition) is 2. The molecule has 0 unspecified atom stereocenters. The molecule has 1 N–H and O–H groups in total. The van der Waals surface area contributed by atoms with Crippen molar-refractivity contribution >= 4 is 15.9 Å². The molecule has 1 saturated carbocycles. The first-order valence-electron chi connectivity index (χ1n) is 4.98. The second kappa shape index (κ2) is 3.96. The smallest absolute Gasteiger partial charge is 0.0991 e. The van der Waals surface area contributed by atoms with Crippen molar-refractivity contribution in [1.82, 2.24) is 0 Å². The summed E-state index contributed by atoms with van der Waals surface area (Å²) in [6.45, 7) is 0.246. The summed E-state index contributed by atoms with van der Waals surface area (Å²) in [5.41, 5.74) is 1.90. The molecule has 1 fully saturated rings. The van der Waals surface area contributed by atoms with Crippen LogP contribution in [0.2, 0.25) is 0 Å². The highest BCUT2D eigenvalue weighted by Crippen LogP contribution is 2.48. The molecule has 0 saturated heterocycles. The minimum absolute atomic E-state index is 0.0938. The van der Waals surface area contributed by atoms with Crippen molar-refractivity contribution in [3.05, 3.63) is 33.8 Å². The standard InChI is InChI=1S/C12H12BrNO/c13-11-2-1-9(7-14)5-10(11)6-12(8-15)3-4-12/h1-2,5,15H,3-4,6,8H2. The Kier molecular flexibility index (Phi) is 2.81. The quantitative estimate of drug-likeness (QED) is 0.913. The van der Waals surface area contributed by atoms with Crippen LogP contribution >= 0.6 is 15.9 Å². The average Bonchev–Trinajstić information content (AvgIpc) is 3.02. The third-order valence-corrected chi connectivity index (χ3v) is 3.81. The fraction of sp³-hybridized carbons (Fsp3) is 0.417. The van der Waals surface area contributed by atoms with Crippen LogP contribution in [0.1, 0.15) is 24.0 Å². The SMILES string of the molecule is N#Cc1ccc(Br)c(CC2(CO)CC2)c1. The van der Waals surface area contributed by atoms with Gasteiger partial charge in [0.2, 0.25) is 0 Å². The number of nitrogens with zero attached hydrogens (tertiary/aromatic N) is 1. The molecule has 1 aliphatic carbocycles. The van der Waals surface area contributed by atoms with Gasteiger partial charge in [0.15, 0.2) is 0 Å². The van der Waals surface area contributed by atoms with E-state index in [0.717, 1.165) is 29.3 Å². The van der Waals surface area contributed by atoms with Gasteiger partial charge in [-0.1, -0.05) is 15.9 Å². The summed E-state index contributed by atoms with van der Waals surface area (Å²) < 4.78 is 1.03. The fourth-order valence-electron chi connectivity index (χ4n) is 1.75. The summed E-state index contributed by atoms with van der Waals surface area (Å²) in [5, 5.41) is 18.1. The van der Waals surface area contributed by atoms with Crippen LogP contribution in [0, 0.1) is 16.7 Å². The predicted molar refractivity (Wildman–Crippen MR) is 61.3 cm³/mol. The van der Waals surface area contributed by atoms with Crippen molar-refractivity contribution in [2.75, 3.05) is 6.61 Å². The molecule has 2 nitrogen and oxygen atoms in total. The zero-order valence-corrected chi connectivity index (χ0v) is 9.92. The van der Waals surface area contributed by atoms with E-state index < -0.39 is 0 Å². The molecule has 1 aromatic rings.